The number of fused-ring (bicyclic) bond motifs is 1. The van der Waals surface area contributed by atoms with Gasteiger partial charge in [-0.3, -0.25) is 4.98 Å². The molecule has 0 radical (unpaired) electrons. The maximum absolute atomic E-state index is 4.76. The molecule has 0 atom stereocenters. The first kappa shape index (κ1) is 13.6. The Kier molecular flexibility index (Phi) is 3.12. The summed E-state index contributed by atoms with van der Waals surface area (Å²) < 4.78 is 0. The summed E-state index contributed by atoms with van der Waals surface area (Å²) in [6.45, 7) is 3.98. The second-order valence-electron chi connectivity index (χ2n) is 5.55. The summed E-state index contributed by atoms with van der Waals surface area (Å²) in [7, 11) is 0. The van der Waals surface area contributed by atoms with Gasteiger partial charge in [0.15, 0.2) is 5.82 Å². The molecule has 0 aromatic carbocycles. The molecular weight excluding hydrogens is 286 g/mol. The van der Waals surface area contributed by atoms with E-state index in [-0.39, 0.29) is 0 Å². The summed E-state index contributed by atoms with van der Waals surface area (Å²) in [5.41, 5.74) is 5.45. The Bertz CT molecular complexity index is 1000. The van der Waals surface area contributed by atoms with Crippen LogP contribution in [0.15, 0.2) is 48.9 Å². The van der Waals surface area contributed by atoms with Gasteiger partial charge in [0.25, 0.3) is 0 Å². The zero-order chi connectivity index (χ0) is 15.8. The van der Waals surface area contributed by atoms with Crippen molar-refractivity contribution >= 4 is 11.0 Å². The minimum atomic E-state index is 0.611. The third kappa shape index (κ3) is 2.46. The number of nitrogens with one attached hydrogen (secondary N) is 1. The van der Waals surface area contributed by atoms with Crippen molar-refractivity contribution in [2.75, 3.05) is 0 Å². The van der Waals surface area contributed by atoms with E-state index in [1.807, 2.05) is 56.7 Å². The van der Waals surface area contributed by atoms with Crippen molar-refractivity contribution in [3.05, 3.63) is 60.2 Å². The molecule has 0 unspecified atom stereocenters. The van der Waals surface area contributed by atoms with Crippen LogP contribution in [-0.4, -0.2) is 24.9 Å². The summed E-state index contributed by atoms with van der Waals surface area (Å²) in [5.74, 6) is 0.611. The van der Waals surface area contributed by atoms with Crippen LogP contribution in [0.25, 0.3) is 33.8 Å². The maximum atomic E-state index is 4.76. The third-order valence-electron chi connectivity index (χ3n) is 3.68. The van der Waals surface area contributed by atoms with Crippen LogP contribution in [0, 0.1) is 13.8 Å². The van der Waals surface area contributed by atoms with Crippen LogP contribution >= 0.6 is 0 Å². The fourth-order valence-electron chi connectivity index (χ4n) is 2.63. The number of aromatic amines is 1. The van der Waals surface area contributed by atoms with E-state index in [1.165, 1.54) is 0 Å². The Morgan fingerprint density at radius 1 is 0.957 bits per heavy atom. The molecule has 4 aromatic heterocycles. The molecule has 0 fully saturated rings. The minimum absolute atomic E-state index is 0.611. The zero-order valence-corrected chi connectivity index (χ0v) is 12.9. The number of aryl methyl sites for hydroxylation is 2. The first-order valence-corrected chi connectivity index (χ1v) is 7.42. The SMILES string of the molecule is Cc1cncc(-c2nc(-c3cccc(C)n3)nc3[nH]ccc23)c1. The van der Waals surface area contributed by atoms with E-state index in [2.05, 4.69) is 26.0 Å². The number of hydrogen-bond donors (Lipinski definition) is 1. The van der Waals surface area contributed by atoms with E-state index in [0.29, 0.717) is 5.82 Å². The summed E-state index contributed by atoms with van der Waals surface area (Å²) in [4.78, 5) is 21.4. The molecule has 4 aromatic rings. The Morgan fingerprint density at radius 2 is 1.87 bits per heavy atom. The number of nitrogens with zero attached hydrogens (tertiary/aromatic N) is 4. The van der Waals surface area contributed by atoms with Crippen LogP contribution in [-0.2, 0) is 0 Å². The van der Waals surface area contributed by atoms with Crippen LogP contribution in [0.3, 0.4) is 0 Å². The lowest BCUT2D eigenvalue weighted by atomic mass is 10.1. The lowest BCUT2D eigenvalue weighted by Gasteiger charge is -2.07. The van der Waals surface area contributed by atoms with Gasteiger partial charge in [0.2, 0.25) is 0 Å². The van der Waals surface area contributed by atoms with Crippen LogP contribution < -0.4 is 0 Å². The number of hydrogen-bond acceptors (Lipinski definition) is 4. The molecule has 23 heavy (non-hydrogen) atoms. The van der Waals surface area contributed by atoms with Gasteiger partial charge in [0.05, 0.1) is 5.69 Å². The Balaban J connectivity index is 1.98. The molecule has 4 rings (SSSR count). The average Bonchev–Trinajstić information content (AvgIpc) is 3.02. The Hall–Kier alpha value is -3.08. The number of pyridine rings is 2. The first-order chi connectivity index (χ1) is 11.2. The second-order valence-corrected chi connectivity index (χ2v) is 5.55. The van der Waals surface area contributed by atoms with Crippen molar-refractivity contribution in [1.29, 1.82) is 0 Å². The van der Waals surface area contributed by atoms with Gasteiger partial charge in [-0.05, 0) is 43.7 Å². The van der Waals surface area contributed by atoms with Gasteiger partial charge in [0.1, 0.15) is 11.3 Å². The van der Waals surface area contributed by atoms with Crippen molar-refractivity contribution in [3.63, 3.8) is 0 Å². The second kappa shape index (κ2) is 5.28. The average molecular weight is 301 g/mol. The monoisotopic (exact) mass is 301 g/mol. The molecule has 0 spiro atoms. The molecule has 1 N–H and O–H groups in total. The van der Waals surface area contributed by atoms with E-state index in [4.69, 9.17) is 4.98 Å². The smallest absolute Gasteiger partial charge is 0.180 e. The van der Waals surface area contributed by atoms with E-state index in [0.717, 1.165) is 39.2 Å². The number of rotatable bonds is 2. The van der Waals surface area contributed by atoms with Gasteiger partial charge in [-0.25, -0.2) is 15.0 Å². The zero-order valence-electron chi connectivity index (χ0n) is 12.9. The van der Waals surface area contributed by atoms with Crippen LogP contribution in [0.2, 0.25) is 0 Å². The molecule has 0 aliphatic carbocycles. The molecular formula is C18H15N5. The van der Waals surface area contributed by atoms with Crippen molar-refractivity contribution < 1.29 is 0 Å². The third-order valence-corrected chi connectivity index (χ3v) is 3.68. The largest absolute Gasteiger partial charge is 0.346 e. The summed E-state index contributed by atoms with van der Waals surface area (Å²) >= 11 is 0. The standard InChI is InChI=1S/C18H15N5/c1-11-8-13(10-19-9-11)16-14-6-7-20-17(14)23-18(22-16)15-5-3-4-12(2)21-15/h3-10H,1-2H3,(H,20,22,23). The lowest BCUT2D eigenvalue weighted by molar-refractivity contribution is 1.13. The van der Waals surface area contributed by atoms with E-state index >= 15 is 0 Å². The van der Waals surface area contributed by atoms with E-state index < -0.39 is 0 Å². The molecule has 0 amide bonds. The van der Waals surface area contributed by atoms with Gasteiger partial charge in [-0.2, -0.15) is 0 Å². The highest BCUT2D eigenvalue weighted by molar-refractivity contribution is 5.91. The van der Waals surface area contributed by atoms with E-state index in [1.54, 1.807) is 0 Å². The highest BCUT2D eigenvalue weighted by Gasteiger charge is 2.13. The van der Waals surface area contributed by atoms with Gasteiger partial charge in [-0.1, -0.05) is 6.07 Å². The molecule has 4 heterocycles. The quantitative estimate of drug-likeness (QED) is 0.613. The molecule has 112 valence electrons. The van der Waals surface area contributed by atoms with Gasteiger partial charge >= 0.3 is 0 Å². The molecule has 0 aliphatic heterocycles. The lowest BCUT2D eigenvalue weighted by Crippen LogP contribution is -1.97. The number of H-pyrrole nitrogens is 1. The van der Waals surface area contributed by atoms with Crippen molar-refractivity contribution in [3.8, 4) is 22.8 Å². The molecule has 5 nitrogen and oxygen atoms in total. The minimum Gasteiger partial charge on any atom is -0.346 e. The highest BCUT2D eigenvalue weighted by Crippen LogP contribution is 2.28. The topological polar surface area (TPSA) is 67.3 Å². The predicted octanol–water partition coefficient (Wildman–Crippen LogP) is 3.70. The fraction of sp³-hybridized carbons (Fsp3) is 0.111. The fourth-order valence-corrected chi connectivity index (χ4v) is 2.63. The van der Waals surface area contributed by atoms with Crippen molar-refractivity contribution in [2.24, 2.45) is 0 Å². The molecule has 0 saturated carbocycles. The highest BCUT2D eigenvalue weighted by atomic mass is 15.0. The Morgan fingerprint density at radius 3 is 2.70 bits per heavy atom. The normalized spacial score (nSPS) is 11.0. The van der Waals surface area contributed by atoms with E-state index in [9.17, 15) is 0 Å². The predicted molar refractivity (Wildman–Crippen MR) is 89.8 cm³/mol. The Labute approximate surface area is 133 Å². The van der Waals surface area contributed by atoms with Crippen molar-refractivity contribution in [2.45, 2.75) is 13.8 Å². The van der Waals surface area contributed by atoms with Gasteiger partial charge in [-0.15, -0.1) is 0 Å². The van der Waals surface area contributed by atoms with Crippen LogP contribution in [0.1, 0.15) is 11.3 Å². The van der Waals surface area contributed by atoms with Crippen LogP contribution in [0.4, 0.5) is 0 Å². The summed E-state index contributed by atoms with van der Waals surface area (Å²) in [6, 6.07) is 9.92. The number of aromatic nitrogens is 5. The molecule has 0 bridgehead atoms. The first-order valence-electron chi connectivity index (χ1n) is 7.42. The van der Waals surface area contributed by atoms with Crippen LogP contribution in [0.5, 0.6) is 0 Å². The summed E-state index contributed by atoms with van der Waals surface area (Å²) in [6.07, 6.45) is 5.54. The van der Waals surface area contributed by atoms with Crippen molar-refractivity contribution in [1.82, 2.24) is 24.9 Å². The molecule has 0 saturated heterocycles. The maximum Gasteiger partial charge on any atom is 0.180 e. The molecule has 0 aliphatic rings. The molecule has 5 heteroatoms. The van der Waals surface area contributed by atoms with Gasteiger partial charge < -0.3 is 4.98 Å². The van der Waals surface area contributed by atoms with Gasteiger partial charge in [0, 0.05) is 35.2 Å². The summed E-state index contributed by atoms with van der Waals surface area (Å²) in [5, 5.41) is 0.980.